The third-order valence-electron chi connectivity index (χ3n) is 7.54. The van der Waals surface area contributed by atoms with Crippen molar-refractivity contribution < 1.29 is 8.39 Å². The zero-order chi connectivity index (χ0) is 25.4. The number of benzene rings is 4. The Balaban J connectivity index is 1.85. The Kier molecular flexibility index (Phi) is 6.79. The molecule has 2 atom stereocenters. The molecule has 0 saturated carbocycles. The molecule has 0 aliphatic rings. The van der Waals surface area contributed by atoms with Crippen molar-refractivity contribution in [3.05, 3.63) is 118 Å². The van der Waals surface area contributed by atoms with Crippen LogP contribution >= 0.6 is 8.16 Å². The predicted octanol–water partition coefficient (Wildman–Crippen LogP) is 9.98. The number of fused-ring (bicyclic) bond motifs is 3. The molecule has 4 heteroatoms. The quantitative estimate of drug-likeness (QED) is 0.243. The normalized spacial score (nSPS) is 13.3. The van der Waals surface area contributed by atoms with Crippen molar-refractivity contribution in [2.75, 3.05) is 4.67 Å². The van der Waals surface area contributed by atoms with Gasteiger partial charge in [0.1, 0.15) is 11.2 Å². The van der Waals surface area contributed by atoms with Gasteiger partial charge in [0.05, 0.1) is 0 Å². The maximum absolute atomic E-state index is 6.89. The molecule has 184 valence electrons. The van der Waals surface area contributed by atoms with Gasteiger partial charge in [-0.3, -0.25) is 0 Å². The van der Waals surface area contributed by atoms with E-state index in [0.717, 1.165) is 21.9 Å². The summed E-state index contributed by atoms with van der Waals surface area (Å²) in [6.45, 7) is 13.2. The second kappa shape index (κ2) is 10.0. The first-order valence-corrected chi connectivity index (χ1v) is 13.7. The fourth-order valence-corrected chi connectivity index (χ4v) is 6.72. The van der Waals surface area contributed by atoms with Crippen molar-refractivity contribution in [3.63, 3.8) is 0 Å². The molecule has 4 aromatic carbocycles. The molecular formula is C32H34NO2P. The van der Waals surface area contributed by atoms with E-state index in [1.165, 1.54) is 33.4 Å². The van der Waals surface area contributed by atoms with Gasteiger partial charge in [-0.25, -0.2) is 0 Å². The summed E-state index contributed by atoms with van der Waals surface area (Å²) in [5.74, 6) is 0. The number of aryl methyl sites for hydroxylation is 4. The van der Waals surface area contributed by atoms with Gasteiger partial charge in [-0.05, 0) is 87.1 Å². The molecule has 36 heavy (non-hydrogen) atoms. The van der Waals surface area contributed by atoms with Crippen molar-refractivity contribution in [1.82, 2.24) is 0 Å². The highest BCUT2D eigenvalue weighted by molar-refractivity contribution is 7.39. The monoisotopic (exact) mass is 495 g/mol. The van der Waals surface area contributed by atoms with E-state index in [0.29, 0.717) is 0 Å². The van der Waals surface area contributed by atoms with Crippen LogP contribution < -0.4 is 4.67 Å². The van der Waals surface area contributed by atoms with E-state index in [1.54, 1.807) is 0 Å². The van der Waals surface area contributed by atoms with Crippen LogP contribution in [0, 0.1) is 27.7 Å². The molecule has 0 saturated heterocycles. The number of hydrogen-bond acceptors (Lipinski definition) is 3. The average Bonchev–Trinajstić information content (AvgIpc) is 3.07. The number of rotatable bonds is 5. The van der Waals surface area contributed by atoms with Crippen LogP contribution in [0.4, 0.5) is 0 Å². The molecule has 0 fully saturated rings. The lowest BCUT2D eigenvalue weighted by molar-refractivity contribution is 0.558. The van der Waals surface area contributed by atoms with E-state index in [1.807, 2.05) is 0 Å². The van der Waals surface area contributed by atoms with Crippen LogP contribution in [0.1, 0.15) is 59.3 Å². The fraction of sp³-hybridized carbons (Fsp3) is 0.250. The van der Waals surface area contributed by atoms with Crippen molar-refractivity contribution in [2.24, 2.45) is 0 Å². The van der Waals surface area contributed by atoms with Gasteiger partial charge in [0.2, 0.25) is 0 Å². The van der Waals surface area contributed by atoms with Crippen LogP contribution in [0.3, 0.4) is 0 Å². The van der Waals surface area contributed by atoms with Crippen LogP contribution in [0.5, 0.6) is 0 Å². The van der Waals surface area contributed by atoms with Gasteiger partial charge in [-0.1, -0.05) is 72.8 Å². The Bertz CT molecular complexity index is 1440. The molecule has 0 aliphatic heterocycles. The summed E-state index contributed by atoms with van der Waals surface area (Å²) in [5.41, 5.74) is 9.23. The molecule has 3 nitrogen and oxygen atoms in total. The van der Waals surface area contributed by atoms with Gasteiger partial charge in [-0.15, -0.1) is 0 Å². The van der Waals surface area contributed by atoms with Crippen molar-refractivity contribution >= 4 is 30.1 Å². The summed E-state index contributed by atoms with van der Waals surface area (Å²) < 4.78 is 16.2. The molecule has 0 aliphatic carbocycles. The minimum atomic E-state index is -1.47. The van der Waals surface area contributed by atoms with E-state index >= 15 is 0 Å². The maximum Gasteiger partial charge on any atom is 0.310 e. The van der Waals surface area contributed by atoms with Gasteiger partial charge >= 0.3 is 8.16 Å². The lowest BCUT2D eigenvalue weighted by Crippen LogP contribution is -2.27. The first kappa shape index (κ1) is 24.4. The third kappa shape index (κ3) is 4.39. The van der Waals surface area contributed by atoms with Crippen LogP contribution in [-0.2, 0) is 0 Å². The summed E-state index contributed by atoms with van der Waals surface area (Å²) in [4.78, 5) is 0. The minimum Gasteiger partial charge on any atom is -0.408 e. The van der Waals surface area contributed by atoms with Crippen molar-refractivity contribution in [3.8, 4) is 0 Å². The summed E-state index contributed by atoms with van der Waals surface area (Å²) >= 11 is 0. The molecule has 0 unspecified atom stereocenters. The fourth-order valence-electron chi connectivity index (χ4n) is 5.02. The molecule has 0 radical (unpaired) electrons. The van der Waals surface area contributed by atoms with Gasteiger partial charge in [0.15, 0.2) is 0 Å². The number of nitrogens with zero attached hydrogens (tertiary/aromatic N) is 1. The summed E-state index contributed by atoms with van der Waals surface area (Å²) in [7, 11) is -1.47. The maximum atomic E-state index is 6.89. The van der Waals surface area contributed by atoms with E-state index < -0.39 is 8.16 Å². The predicted molar refractivity (Wildman–Crippen MR) is 153 cm³/mol. The Morgan fingerprint density at radius 3 is 1.33 bits per heavy atom. The van der Waals surface area contributed by atoms with Crippen molar-refractivity contribution in [2.45, 2.75) is 53.6 Å². The first-order chi connectivity index (χ1) is 17.4. The average molecular weight is 496 g/mol. The SMILES string of the molecule is Cc1ccc2op(N([C@@H](C)c3ccccc3)[C@@H](C)c3ccccc3)oc3ccc(C)c(C)c3c2c1C. The second-order valence-corrected chi connectivity index (χ2v) is 11.0. The zero-order valence-electron chi connectivity index (χ0n) is 21.9. The molecule has 1 aromatic heterocycles. The highest BCUT2D eigenvalue weighted by Gasteiger charge is 2.29. The van der Waals surface area contributed by atoms with Gasteiger partial charge in [0.25, 0.3) is 0 Å². The van der Waals surface area contributed by atoms with Gasteiger partial charge in [-0.2, -0.15) is 4.67 Å². The van der Waals surface area contributed by atoms with E-state index in [2.05, 4.69) is 131 Å². The Hall–Kier alpha value is -3.26. The lowest BCUT2D eigenvalue weighted by Gasteiger charge is -2.31. The summed E-state index contributed by atoms with van der Waals surface area (Å²) in [5, 5.41) is 2.30. The molecule has 5 rings (SSSR count). The molecule has 0 spiro atoms. The van der Waals surface area contributed by atoms with Crippen molar-refractivity contribution in [1.29, 1.82) is 0 Å². The molecule has 0 bridgehead atoms. The smallest absolute Gasteiger partial charge is 0.310 e. The molecule has 0 amide bonds. The first-order valence-electron chi connectivity index (χ1n) is 12.6. The van der Waals surface area contributed by atoms with Gasteiger partial charge < -0.3 is 8.39 Å². The number of hydrogen-bond donors (Lipinski definition) is 0. The van der Waals surface area contributed by atoms with Crippen LogP contribution in [-0.4, -0.2) is 0 Å². The van der Waals surface area contributed by atoms with Crippen LogP contribution in [0.2, 0.25) is 0 Å². The summed E-state index contributed by atoms with van der Waals surface area (Å²) in [6.07, 6.45) is 0. The topological polar surface area (TPSA) is 29.5 Å². The Labute approximate surface area is 215 Å². The van der Waals surface area contributed by atoms with Gasteiger partial charge in [0, 0.05) is 22.9 Å². The summed E-state index contributed by atoms with van der Waals surface area (Å²) in [6, 6.07) is 30.0. The largest absolute Gasteiger partial charge is 0.408 e. The third-order valence-corrected chi connectivity index (χ3v) is 9.32. The van der Waals surface area contributed by atoms with E-state index in [4.69, 9.17) is 8.39 Å². The molecule has 0 N–H and O–H groups in total. The van der Waals surface area contributed by atoms with Crippen LogP contribution in [0.15, 0.2) is 93.3 Å². The van der Waals surface area contributed by atoms with Crippen LogP contribution in [0.25, 0.3) is 21.9 Å². The second-order valence-electron chi connectivity index (χ2n) is 9.73. The van der Waals surface area contributed by atoms with E-state index in [-0.39, 0.29) is 12.1 Å². The standard InChI is InChI=1S/C32H34NO2P/c1-21-17-19-29-31(23(21)3)32-24(4)22(2)18-20-30(32)35-36(34-29)33(25(5)27-13-9-7-10-14-27)26(6)28-15-11-8-12-16-28/h7-20,25-26H,1-6H3/t25-,26-/m0/s1. The lowest BCUT2D eigenvalue weighted by atomic mass is 9.97. The Morgan fingerprint density at radius 2 is 0.944 bits per heavy atom. The minimum absolute atomic E-state index is 0.0793. The molecule has 5 aromatic rings. The Morgan fingerprint density at radius 1 is 0.556 bits per heavy atom. The highest BCUT2D eigenvalue weighted by atomic mass is 31.1. The van der Waals surface area contributed by atoms with E-state index in [9.17, 15) is 0 Å². The molecular weight excluding hydrogens is 461 g/mol. The molecule has 1 heterocycles. The highest BCUT2D eigenvalue weighted by Crippen LogP contribution is 2.47. The zero-order valence-corrected chi connectivity index (χ0v) is 22.8.